The van der Waals surface area contributed by atoms with Gasteiger partial charge in [0.2, 0.25) is 0 Å². The standard InChI is InChI=1S/C18H30N4S/c1-3-19-18(20-11-14(2)17-5-4-10-23-17)21-12-15-8-9-22(13-15)16-6-7-16/h4-5,10,14-16H,3,6-9,11-13H2,1-2H3,(H2,19,20,21). The summed E-state index contributed by atoms with van der Waals surface area (Å²) in [6, 6.07) is 5.24. The van der Waals surface area contributed by atoms with Gasteiger partial charge in [0.25, 0.3) is 0 Å². The predicted octanol–water partition coefficient (Wildman–Crippen LogP) is 2.89. The van der Waals surface area contributed by atoms with Crippen LogP contribution in [0.2, 0.25) is 0 Å². The fourth-order valence-corrected chi connectivity index (χ4v) is 4.05. The van der Waals surface area contributed by atoms with Gasteiger partial charge in [-0.1, -0.05) is 13.0 Å². The van der Waals surface area contributed by atoms with Crippen LogP contribution in [0.25, 0.3) is 0 Å². The van der Waals surface area contributed by atoms with Gasteiger partial charge in [0.15, 0.2) is 5.96 Å². The molecule has 1 aromatic rings. The zero-order valence-electron chi connectivity index (χ0n) is 14.4. The van der Waals surface area contributed by atoms with Gasteiger partial charge in [0, 0.05) is 36.5 Å². The van der Waals surface area contributed by atoms with Crippen molar-refractivity contribution in [3.63, 3.8) is 0 Å². The molecule has 2 N–H and O–H groups in total. The van der Waals surface area contributed by atoms with Gasteiger partial charge in [-0.15, -0.1) is 11.3 Å². The topological polar surface area (TPSA) is 39.7 Å². The van der Waals surface area contributed by atoms with Crippen molar-refractivity contribution in [2.45, 2.75) is 45.1 Å². The van der Waals surface area contributed by atoms with E-state index >= 15 is 0 Å². The van der Waals surface area contributed by atoms with E-state index in [2.05, 4.69) is 46.9 Å². The number of nitrogens with one attached hydrogen (secondary N) is 2. The number of likely N-dealkylation sites (tertiary alicyclic amines) is 1. The average molecular weight is 335 g/mol. The molecule has 0 spiro atoms. The molecule has 5 heteroatoms. The molecule has 128 valence electrons. The molecule has 2 aliphatic rings. The number of nitrogens with zero attached hydrogens (tertiary/aromatic N) is 2. The van der Waals surface area contributed by atoms with Crippen molar-refractivity contribution in [2.24, 2.45) is 10.9 Å². The van der Waals surface area contributed by atoms with Gasteiger partial charge < -0.3 is 15.5 Å². The highest BCUT2D eigenvalue weighted by Gasteiger charge is 2.34. The van der Waals surface area contributed by atoms with E-state index in [0.29, 0.717) is 5.92 Å². The Kier molecular flexibility index (Phi) is 5.95. The van der Waals surface area contributed by atoms with E-state index in [0.717, 1.165) is 37.6 Å². The predicted molar refractivity (Wildman–Crippen MR) is 99.4 cm³/mol. The van der Waals surface area contributed by atoms with E-state index in [-0.39, 0.29) is 0 Å². The summed E-state index contributed by atoms with van der Waals surface area (Å²) in [4.78, 5) is 8.88. The molecule has 3 rings (SSSR count). The van der Waals surface area contributed by atoms with Crippen LogP contribution >= 0.6 is 11.3 Å². The number of thiophene rings is 1. The Hall–Kier alpha value is -1.07. The monoisotopic (exact) mass is 334 g/mol. The summed E-state index contributed by atoms with van der Waals surface area (Å²) >= 11 is 1.82. The zero-order valence-corrected chi connectivity index (χ0v) is 15.2. The van der Waals surface area contributed by atoms with E-state index in [9.17, 15) is 0 Å². The van der Waals surface area contributed by atoms with Crippen LogP contribution in [0.15, 0.2) is 22.5 Å². The molecule has 1 aromatic heterocycles. The first-order chi connectivity index (χ1) is 11.3. The Morgan fingerprint density at radius 1 is 1.39 bits per heavy atom. The van der Waals surface area contributed by atoms with Crippen molar-refractivity contribution in [1.29, 1.82) is 0 Å². The maximum Gasteiger partial charge on any atom is 0.191 e. The summed E-state index contributed by atoms with van der Waals surface area (Å²) in [6.45, 7) is 9.74. The number of guanidine groups is 1. The lowest BCUT2D eigenvalue weighted by Gasteiger charge is -2.17. The highest BCUT2D eigenvalue weighted by atomic mass is 32.1. The minimum atomic E-state index is 0.488. The Morgan fingerprint density at radius 2 is 2.26 bits per heavy atom. The fraction of sp³-hybridized carbons (Fsp3) is 0.722. The highest BCUT2D eigenvalue weighted by Crippen LogP contribution is 2.31. The Labute approximate surface area is 144 Å². The smallest absolute Gasteiger partial charge is 0.191 e. The van der Waals surface area contributed by atoms with Gasteiger partial charge >= 0.3 is 0 Å². The fourth-order valence-electron chi connectivity index (χ4n) is 3.27. The van der Waals surface area contributed by atoms with Crippen LogP contribution in [0.5, 0.6) is 0 Å². The third-order valence-electron chi connectivity index (χ3n) is 4.84. The van der Waals surface area contributed by atoms with Crippen LogP contribution in [0.4, 0.5) is 0 Å². The average Bonchev–Trinajstić information content (AvgIpc) is 3.07. The highest BCUT2D eigenvalue weighted by molar-refractivity contribution is 7.10. The molecule has 23 heavy (non-hydrogen) atoms. The van der Waals surface area contributed by atoms with E-state index in [4.69, 9.17) is 4.99 Å². The first-order valence-corrected chi connectivity index (χ1v) is 9.94. The molecule has 2 atom stereocenters. The SMILES string of the molecule is CCNC(=NCC(C)c1cccs1)NCC1CCN(C2CC2)C1. The molecule has 2 fully saturated rings. The molecule has 0 bridgehead atoms. The molecule has 2 heterocycles. The van der Waals surface area contributed by atoms with E-state index in [1.807, 2.05) is 11.3 Å². The second-order valence-corrected chi connectivity index (χ2v) is 7.88. The van der Waals surface area contributed by atoms with Crippen LogP contribution in [-0.4, -0.2) is 49.6 Å². The van der Waals surface area contributed by atoms with Gasteiger partial charge in [0.1, 0.15) is 0 Å². The van der Waals surface area contributed by atoms with Gasteiger partial charge in [-0.3, -0.25) is 4.99 Å². The number of rotatable bonds is 7. The molecular formula is C18H30N4S. The third kappa shape index (κ3) is 4.95. The van der Waals surface area contributed by atoms with Crippen LogP contribution in [0.3, 0.4) is 0 Å². The lowest BCUT2D eigenvalue weighted by molar-refractivity contribution is 0.314. The molecule has 1 aliphatic carbocycles. The quantitative estimate of drug-likeness (QED) is 0.595. The van der Waals surface area contributed by atoms with E-state index in [1.54, 1.807) is 0 Å². The van der Waals surface area contributed by atoms with Gasteiger partial charge in [-0.05, 0) is 50.1 Å². The van der Waals surface area contributed by atoms with Crippen molar-refractivity contribution in [2.75, 3.05) is 32.7 Å². The maximum atomic E-state index is 4.78. The van der Waals surface area contributed by atoms with Crippen molar-refractivity contribution in [3.05, 3.63) is 22.4 Å². The molecule has 1 saturated carbocycles. The molecule has 4 nitrogen and oxygen atoms in total. The molecule has 0 aromatic carbocycles. The summed E-state index contributed by atoms with van der Waals surface area (Å²) < 4.78 is 0. The molecule has 0 amide bonds. The van der Waals surface area contributed by atoms with Crippen molar-refractivity contribution < 1.29 is 0 Å². The Bertz CT molecular complexity index is 495. The number of hydrogen-bond donors (Lipinski definition) is 2. The van der Waals surface area contributed by atoms with Crippen LogP contribution in [0.1, 0.15) is 43.9 Å². The normalized spacial score (nSPS) is 23.9. The minimum Gasteiger partial charge on any atom is -0.357 e. The second kappa shape index (κ2) is 8.15. The lowest BCUT2D eigenvalue weighted by Crippen LogP contribution is -2.40. The lowest BCUT2D eigenvalue weighted by atomic mass is 10.1. The van der Waals surface area contributed by atoms with Crippen LogP contribution in [0, 0.1) is 5.92 Å². The summed E-state index contributed by atoms with van der Waals surface area (Å²) in [5.74, 6) is 2.23. The largest absolute Gasteiger partial charge is 0.357 e. The van der Waals surface area contributed by atoms with Crippen molar-refractivity contribution >= 4 is 17.3 Å². The van der Waals surface area contributed by atoms with Gasteiger partial charge in [-0.2, -0.15) is 0 Å². The van der Waals surface area contributed by atoms with Gasteiger partial charge in [-0.25, -0.2) is 0 Å². The maximum absolute atomic E-state index is 4.78. The summed E-state index contributed by atoms with van der Waals surface area (Å²) in [6.07, 6.45) is 4.17. The second-order valence-electron chi connectivity index (χ2n) is 6.90. The minimum absolute atomic E-state index is 0.488. The van der Waals surface area contributed by atoms with E-state index in [1.165, 1.54) is 37.2 Å². The van der Waals surface area contributed by atoms with Crippen LogP contribution < -0.4 is 10.6 Å². The Balaban J connectivity index is 1.45. The molecule has 1 aliphatic heterocycles. The van der Waals surface area contributed by atoms with Gasteiger partial charge in [0.05, 0.1) is 6.54 Å². The zero-order chi connectivity index (χ0) is 16.1. The molecule has 0 radical (unpaired) electrons. The van der Waals surface area contributed by atoms with Crippen molar-refractivity contribution in [3.8, 4) is 0 Å². The molecular weight excluding hydrogens is 304 g/mol. The Morgan fingerprint density at radius 3 is 2.96 bits per heavy atom. The first kappa shape index (κ1) is 16.8. The summed E-state index contributed by atoms with van der Waals surface area (Å²) in [7, 11) is 0. The summed E-state index contributed by atoms with van der Waals surface area (Å²) in [5, 5.41) is 9.08. The summed E-state index contributed by atoms with van der Waals surface area (Å²) in [5.41, 5.74) is 0. The van der Waals surface area contributed by atoms with Crippen LogP contribution in [-0.2, 0) is 0 Å². The number of aliphatic imine (C=N–C) groups is 1. The van der Waals surface area contributed by atoms with Crippen molar-refractivity contribution in [1.82, 2.24) is 15.5 Å². The number of hydrogen-bond acceptors (Lipinski definition) is 3. The molecule has 2 unspecified atom stereocenters. The molecule has 1 saturated heterocycles. The third-order valence-corrected chi connectivity index (χ3v) is 5.94. The first-order valence-electron chi connectivity index (χ1n) is 9.06. The van der Waals surface area contributed by atoms with E-state index < -0.39 is 0 Å².